The van der Waals surface area contributed by atoms with E-state index < -0.39 is 0 Å². The van der Waals surface area contributed by atoms with E-state index in [4.69, 9.17) is 15.0 Å². The highest BCUT2D eigenvalue weighted by molar-refractivity contribution is 5.66. The van der Waals surface area contributed by atoms with Crippen molar-refractivity contribution in [3.05, 3.63) is 35.5 Å². The lowest BCUT2D eigenvalue weighted by Gasteiger charge is -2.00. The molecule has 114 valence electrons. The SMILES string of the molecule is COc1c(-c2nc(-c3ccc(CN)cc3)no2)c(C)nn1C. The predicted molar refractivity (Wildman–Crippen MR) is 81.1 cm³/mol. The van der Waals surface area contributed by atoms with Crippen LogP contribution in [0.3, 0.4) is 0 Å². The molecule has 7 nitrogen and oxygen atoms in total. The van der Waals surface area contributed by atoms with Crippen molar-refractivity contribution in [3.8, 4) is 28.7 Å². The van der Waals surface area contributed by atoms with Crippen LogP contribution >= 0.6 is 0 Å². The van der Waals surface area contributed by atoms with E-state index in [9.17, 15) is 0 Å². The summed E-state index contributed by atoms with van der Waals surface area (Å²) in [4.78, 5) is 4.45. The van der Waals surface area contributed by atoms with Crippen LogP contribution in [0, 0.1) is 6.92 Å². The van der Waals surface area contributed by atoms with Gasteiger partial charge in [0.05, 0.1) is 12.8 Å². The largest absolute Gasteiger partial charge is 0.481 e. The lowest BCUT2D eigenvalue weighted by molar-refractivity contribution is 0.371. The fraction of sp³-hybridized carbons (Fsp3) is 0.267. The number of aryl methyl sites for hydroxylation is 2. The van der Waals surface area contributed by atoms with Gasteiger partial charge in [0.15, 0.2) is 0 Å². The molecule has 0 aliphatic heterocycles. The Morgan fingerprint density at radius 1 is 1.27 bits per heavy atom. The summed E-state index contributed by atoms with van der Waals surface area (Å²) < 4.78 is 12.4. The normalized spacial score (nSPS) is 10.9. The van der Waals surface area contributed by atoms with Crippen molar-refractivity contribution < 1.29 is 9.26 Å². The van der Waals surface area contributed by atoms with Crippen LogP contribution in [0.15, 0.2) is 28.8 Å². The molecule has 2 aromatic heterocycles. The average Bonchev–Trinajstić information content (AvgIpc) is 3.11. The molecule has 0 saturated carbocycles. The highest BCUT2D eigenvalue weighted by atomic mass is 16.5. The van der Waals surface area contributed by atoms with Gasteiger partial charge in [-0.05, 0) is 12.5 Å². The molecular weight excluding hydrogens is 282 g/mol. The maximum atomic E-state index is 5.60. The number of methoxy groups -OCH3 is 1. The molecule has 2 heterocycles. The Morgan fingerprint density at radius 3 is 2.64 bits per heavy atom. The summed E-state index contributed by atoms with van der Waals surface area (Å²) in [5.74, 6) is 1.50. The Bertz CT molecular complexity index is 789. The maximum absolute atomic E-state index is 5.60. The molecule has 0 aliphatic rings. The number of nitrogens with zero attached hydrogens (tertiary/aromatic N) is 4. The molecule has 0 fully saturated rings. The lowest BCUT2D eigenvalue weighted by atomic mass is 10.1. The van der Waals surface area contributed by atoms with Crippen molar-refractivity contribution in [2.75, 3.05) is 7.11 Å². The van der Waals surface area contributed by atoms with E-state index >= 15 is 0 Å². The Hall–Kier alpha value is -2.67. The first-order valence-corrected chi connectivity index (χ1v) is 6.85. The van der Waals surface area contributed by atoms with Crippen LogP contribution in [0.1, 0.15) is 11.3 Å². The third kappa shape index (κ3) is 2.35. The van der Waals surface area contributed by atoms with Gasteiger partial charge in [-0.1, -0.05) is 29.4 Å². The number of hydrogen-bond acceptors (Lipinski definition) is 6. The smallest absolute Gasteiger partial charge is 0.265 e. The van der Waals surface area contributed by atoms with Gasteiger partial charge in [0.2, 0.25) is 11.7 Å². The monoisotopic (exact) mass is 299 g/mol. The van der Waals surface area contributed by atoms with Gasteiger partial charge in [-0.15, -0.1) is 0 Å². The number of nitrogens with two attached hydrogens (primary N) is 1. The van der Waals surface area contributed by atoms with Gasteiger partial charge in [-0.3, -0.25) is 0 Å². The van der Waals surface area contributed by atoms with Crippen molar-refractivity contribution in [3.63, 3.8) is 0 Å². The van der Waals surface area contributed by atoms with Gasteiger partial charge < -0.3 is 15.0 Å². The fourth-order valence-corrected chi connectivity index (χ4v) is 2.35. The molecule has 3 aromatic rings. The molecule has 0 radical (unpaired) electrons. The van der Waals surface area contributed by atoms with Gasteiger partial charge >= 0.3 is 0 Å². The molecule has 0 spiro atoms. The number of ether oxygens (including phenoxy) is 1. The molecule has 3 rings (SSSR count). The molecule has 1 aromatic carbocycles. The van der Waals surface area contributed by atoms with E-state index in [1.807, 2.05) is 31.2 Å². The third-order valence-electron chi connectivity index (χ3n) is 3.45. The van der Waals surface area contributed by atoms with Crippen LogP contribution in [-0.2, 0) is 13.6 Å². The highest BCUT2D eigenvalue weighted by Crippen LogP contribution is 2.32. The zero-order valence-electron chi connectivity index (χ0n) is 12.7. The number of hydrogen-bond donors (Lipinski definition) is 1. The summed E-state index contributed by atoms with van der Waals surface area (Å²) in [6.45, 7) is 2.38. The van der Waals surface area contributed by atoms with Crippen molar-refractivity contribution >= 4 is 0 Å². The van der Waals surface area contributed by atoms with Crippen LogP contribution in [0.25, 0.3) is 22.8 Å². The summed E-state index contributed by atoms with van der Waals surface area (Å²) in [5, 5.41) is 8.35. The van der Waals surface area contributed by atoms with Crippen molar-refractivity contribution in [2.45, 2.75) is 13.5 Å². The van der Waals surface area contributed by atoms with E-state index in [2.05, 4.69) is 15.2 Å². The van der Waals surface area contributed by atoms with Crippen LogP contribution in [0.4, 0.5) is 0 Å². The van der Waals surface area contributed by atoms with E-state index in [1.54, 1.807) is 18.8 Å². The van der Waals surface area contributed by atoms with E-state index in [-0.39, 0.29) is 0 Å². The predicted octanol–water partition coefficient (Wildman–Crippen LogP) is 1.91. The first-order valence-electron chi connectivity index (χ1n) is 6.85. The van der Waals surface area contributed by atoms with Gasteiger partial charge in [-0.2, -0.15) is 10.1 Å². The second kappa shape index (κ2) is 5.61. The number of rotatable bonds is 4. The van der Waals surface area contributed by atoms with Crippen LogP contribution in [0.5, 0.6) is 5.88 Å². The molecule has 7 heteroatoms. The van der Waals surface area contributed by atoms with Gasteiger partial charge in [-0.25, -0.2) is 4.68 Å². The minimum absolute atomic E-state index is 0.389. The molecule has 0 aliphatic carbocycles. The molecule has 2 N–H and O–H groups in total. The summed E-state index contributed by atoms with van der Waals surface area (Å²) in [5.41, 5.74) is 9.00. The van der Waals surface area contributed by atoms with Crippen LogP contribution in [0.2, 0.25) is 0 Å². The van der Waals surface area contributed by atoms with E-state index in [0.717, 1.165) is 16.8 Å². The average molecular weight is 299 g/mol. The highest BCUT2D eigenvalue weighted by Gasteiger charge is 2.22. The Labute approximate surface area is 127 Å². The van der Waals surface area contributed by atoms with Crippen LogP contribution < -0.4 is 10.5 Å². The topological polar surface area (TPSA) is 92.0 Å². The molecule has 0 unspecified atom stereocenters. The summed E-state index contributed by atoms with van der Waals surface area (Å²) in [6.07, 6.45) is 0. The fourth-order valence-electron chi connectivity index (χ4n) is 2.35. The van der Waals surface area contributed by atoms with Crippen molar-refractivity contribution in [2.24, 2.45) is 12.8 Å². The van der Waals surface area contributed by atoms with E-state index in [0.29, 0.717) is 29.7 Å². The van der Waals surface area contributed by atoms with Gasteiger partial charge in [0, 0.05) is 19.2 Å². The minimum atomic E-state index is 0.389. The minimum Gasteiger partial charge on any atom is -0.481 e. The zero-order chi connectivity index (χ0) is 15.7. The first kappa shape index (κ1) is 14.3. The Balaban J connectivity index is 2.00. The van der Waals surface area contributed by atoms with E-state index in [1.165, 1.54) is 0 Å². The summed E-state index contributed by atoms with van der Waals surface area (Å²) in [6, 6.07) is 7.73. The van der Waals surface area contributed by atoms with Crippen molar-refractivity contribution in [1.29, 1.82) is 0 Å². The zero-order valence-corrected chi connectivity index (χ0v) is 12.7. The van der Waals surface area contributed by atoms with Gasteiger partial charge in [0.25, 0.3) is 5.89 Å². The second-order valence-electron chi connectivity index (χ2n) is 4.92. The maximum Gasteiger partial charge on any atom is 0.265 e. The Kier molecular flexibility index (Phi) is 3.64. The summed E-state index contributed by atoms with van der Waals surface area (Å²) in [7, 11) is 3.39. The van der Waals surface area contributed by atoms with Gasteiger partial charge in [0.1, 0.15) is 5.56 Å². The third-order valence-corrected chi connectivity index (χ3v) is 3.45. The molecule has 0 saturated heterocycles. The standard InChI is InChI=1S/C15H17N5O2/c1-9-12(15(21-3)20(2)18-9)14-17-13(19-22-14)11-6-4-10(8-16)5-7-11/h4-7H,8,16H2,1-3H3. The molecular formula is C15H17N5O2. The molecule has 22 heavy (non-hydrogen) atoms. The lowest BCUT2D eigenvalue weighted by Crippen LogP contribution is -1.95. The summed E-state index contributed by atoms with van der Waals surface area (Å²) >= 11 is 0. The molecule has 0 amide bonds. The number of aromatic nitrogens is 4. The van der Waals surface area contributed by atoms with Crippen molar-refractivity contribution in [1.82, 2.24) is 19.9 Å². The molecule has 0 bridgehead atoms. The quantitative estimate of drug-likeness (QED) is 0.791. The first-order chi connectivity index (χ1) is 10.6. The number of benzene rings is 1. The second-order valence-corrected chi connectivity index (χ2v) is 4.92. The van der Waals surface area contributed by atoms with Crippen LogP contribution in [-0.4, -0.2) is 27.0 Å². The molecule has 0 atom stereocenters. The Morgan fingerprint density at radius 2 is 2.00 bits per heavy atom.